The zero-order valence-electron chi connectivity index (χ0n) is 13.5. The Morgan fingerprint density at radius 2 is 2.19 bits per heavy atom. The fraction of sp³-hybridized carbons (Fsp3) is 0.750. The van der Waals surface area contributed by atoms with E-state index in [1.807, 2.05) is 24.9 Å². The molecule has 21 heavy (non-hydrogen) atoms. The van der Waals surface area contributed by atoms with Crippen LogP contribution in [0.2, 0.25) is 0 Å². The number of nitrogens with zero attached hydrogens (tertiary/aromatic N) is 3. The van der Waals surface area contributed by atoms with Gasteiger partial charge in [0.25, 0.3) is 0 Å². The maximum absolute atomic E-state index is 12.5. The van der Waals surface area contributed by atoms with Gasteiger partial charge < -0.3 is 14.8 Å². The largest absolute Gasteiger partial charge is 0.342 e. The van der Waals surface area contributed by atoms with Crippen molar-refractivity contribution in [3.05, 3.63) is 18.2 Å². The molecule has 1 aliphatic rings. The number of carbonyl (C=O) groups excluding carboxylic acids is 1. The highest BCUT2D eigenvalue weighted by Crippen LogP contribution is 2.27. The summed E-state index contributed by atoms with van der Waals surface area (Å²) in [5.74, 6) is 1.77. The van der Waals surface area contributed by atoms with E-state index in [1.54, 1.807) is 0 Å². The molecule has 1 fully saturated rings. The van der Waals surface area contributed by atoms with Crippen molar-refractivity contribution in [2.75, 3.05) is 19.6 Å². The molecule has 2 heterocycles. The first-order chi connectivity index (χ1) is 10.2. The monoisotopic (exact) mass is 292 g/mol. The number of hydrogen-bond donors (Lipinski definition) is 1. The van der Waals surface area contributed by atoms with Crippen molar-refractivity contribution in [2.24, 2.45) is 0 Å². The van der Waals surface area contributed by atoms with Crippen molar-refractivity contribution in [1.29, 1.82) is 0 Å². The Hall–Kier alpha value is -1.36. The van der Waals surface area contributed by atoms with Crippen molar-refractivity contribution in [3.8, 4) is 0 Å². The van der Waals surface area contributed by atoms with Crippen LogP contribution < -0.4 is 5.32 Å². The van der Waals surface area contributed by atoms with Crippen LogP contribution in [0.5, 0.6) is 0 Å². The van der Waals surface area contributed by atoms with Gasteiger partial charge in [-0.1, -0.05) is 6.92 Å². The molecule has 1 N–H and O–H groups in total. The van der Waals surface area contributed by atoms with E-state index < -0.39 is 0 Å². The molecule has 1 aromatic rings. The van der Waals surface area contributed by atoms with Gasteiger partial charge in [0, 0.05) is 37.9 Å². The number of imidazole rings is 1. The lowest BCUT2D eigenvalue weighted by molar-refractivity contribution is -0.133. The zero-order chi connectivity index (χ0) is 15.2. The van der Waals surface area contributed by atoms with Crippen LogP contribution in [-0.2, 0) is 11.3 Å². The summed E-state index contributed by atoms with van der Waals surface area (Å²) in [7, 11) is 0. The first kappa shape index (κ1) is 16.0. The molecule has 1 saturated heterocycles. The summed E-state index contributed by atoms with van der Waals surface area (Å²) >= 11 is 0. The first-order valence-electron chi connectivity index (χ1n) is 8.24. The van der Waals surface area contributed by atoms with Crippen LogP contribution >= 0.6 is 0 Å². The number of piperidine rings is 1. The molecular weight excluding hydrogens is 264 g/mol. The molecule has 5 heteroatoms. The number of hydrogen-bond acceptors (Lipinski definition) is 3. The lowest BCUT2D eigenvalue weighted by atomic mass is 9.91. The molecule has 0 aromatic carbocycles. The number of rotatable bonds is 6. The second-order valence-corrected chi connectivity index (χ2v) is 5.72. The second kappa shape index (κ2) is 7.59. The van der Waals surface area contributed by atoms with E-state index >= 15 is 0 Å². The van der Waals surface area contributed by atoms with E-state index in [9.17, 15) is 4.79 Å². The maximum Gasteiger partial charge on any atom is 0.239 e. The summed E-state index contributed by atoms with van der Waals surface area (Å²) in [5.41, 5.74) is 0. The molecule has 0 saturated carbocycles. The predicted molar refractivity (Wildman–Crippen MR) is 84.2 cm³/mol. The standard InChI is InChI=1S/C16H28N4O/c1-4-10-20-11-9-18-15(20)13-7-8-17-14(12-13)16(21)19(5-2)6-3/h9,11,13-14,17H,4-8,10,12H2,1-3H3. The number of aryl methyl sites for hydroxylation is 1. The fourth-order valence-corrected chi connectivity index (χ4v) is 3.21. The van der Waals surface area contributed by atoms with E-state index in [0.717, 1.165) is 51.3 Å². The third-order valence-corrected chi connectivity index (χ3v) is 4.35. The van der Waals surface area contributed by atoms with Crippen molar-refractivity contribution >= 4 is 5.91 Å². The molecule has 0 aliphatic carbocycles. The Morgan fingerprint density at radius 3 is 2.86 bits per heavy atom. The second-order valence-electron chi connectivity index (χ2n) is 5.72. The molecule has 1 amide bonds. The Morgan fingerprint density at radius 1 is 1.43 bits per heavy atom. The SMILES string of the molecule is CCCn1ccnc1C1CCNC(C(=O)N(CC)CC)C1. The molecule has 0 bridgehead atoms. The zero-order valence-corrected chi connectivity index (χ0v) is 13.5. The van der Waals surface area contributed by atoms with Crippen LogP contribution in [0.25, 0.3) is 0 Å². The van der Waals surface area contributed by atoms with Crippen molar-refractivity contribution in [1.82, 2.24) is 19.8 Å². The van der Waals surface area contributed by atoms with Gasteiger partial charge in [0.1, 0.15) is 5.82 Å². The van der Waals surface area contributed by atoms with Gasteiger partial charge >= 0.3 is 0 Å². The van der Waals surface area contributed by atoms with Crippen molar-refractivity contribution in [2.45, 2.75) is 58.5 Å². The molecule has 0 spiro atoms. The lowest BCUT2D eigenvalue weighted by Crippen LogP contribution is -2.50. The van der Waals surface area contributed by atoms with Crippen LogP contribution in [0.4, 0.5) is 0 Å². The van der Waals surface area contributed by atoms with E-state index in [2.05, 4.69) is 28.0 Å². The molecule has 0 radical (unpaired) electrons. The summed E-state index contributed by atoms with van der Waals surface area (Å²) in [6.45, 7) is 9.71. The Balaban J connectivity index is 2.06. The van der Waals surface area contributed by atoms with E-state index in [1.165, 1.54) is 0 Å². The smallest absolute Gasteiger partial charge is 0.239 e. The minimum Gasteiger partial charge on any atom is -0.342 e. The Labute approximate surface area is 127 Å². The molecular formula is C16H28N4O. The Kier molecular flexibility index (Phi) is 5.79. The van der Waals surface area contributed by atoms with Gasteiger partial charge in [0.05, 0.1) is 6.04 Å². The van der Waals surface area contributed by atoms with Gasteiger partial charge in [-0.15, -0.1) is 0 Å². The first-order valence-corrected chi connectivity index (χ1v) is 8.24. The van der Waals surface area contributed by atoms with E-state index in [0.29, 0.717) is 5.92 Å². The highest BCUT2D eigenvalue weighted by molar-refractivity contribution is 5.82. The van der Waals surface area contributed by atoms with Gasteiger partial charge in [-0.25, -0.2) is 4.98 Å². The average Bonchev–Trinajstić information content (AvgIpc) is 2.97. The summed E-state index contributed by atoms with van der Waals surface area (Å²) in [6, 6.07) is -0.0598. The molecule has 118 valence electrons. The van der Waals surface area contributed by atoms with Crippen molar-refractivity contribution < 1.29 is 4.79 Å². The highest BCUT2D eigenvalue weighted by Gasteiger charge is 2.31. The van der Waals surface area contributed by atoms with Crippen LogP contribution in [-0.4, -0.2) is 46.0 Å². The quantitative estimate of drug-likeness (QED) is 0.872. The van der Waals surface area contributed by atoms with Crippen LogP contribution in [0.1, 0.15) is 51.8 Å². The van der Waals surface area contributed by atoms with E-state index in [4.69, 9.17) is 0 Å². The molecule has 1 aromatic heterocycles. The van der Waals surface area contributed by atoms with Gasteiger partial charge in [-0.3, -0.25) is 4.79 Å². The summed E-state index contributed by atoms with van der Waals surface area (Å²) in [5, 5.41) is 3.38. The summed E-state index contributed by atoms with van der Waals surface area (Å²) in [4.78, 5) is 19.0. The minimum absolute atomic E-state index is 0.0598. The minimum atomic E-state index is -0.0598. The molecule has 1 aliphatic heterocycles. The van der Waals surface area contributed by atoms with E-state index in [-0.39, 0.29) is 11.9 Å². The molecule has 5 nitrogen and oxygen atoms in total. The third-order valence-electron chi connectivity index (χ3n) is 4.35. The molecule has 2 unspecified atom stereocenters. The van der Waals surface area contributed by atoms with Crippen LogP contribution in [0.15, 0.2) is 12.4 Å². The molecule has 2 atom stereocenters. The number of likely N-dealkylation sites (N-methyl/N-ethyl adjacent to an activating group) is 1. The highest BCUT2D eigenvalue weighted by atomic mass is 16.2. The number of amides is 1. The summed E-state index contributed by atoms with van der Waals surface area (Å²) < 4.78 is 2.24. The molecule has 2 rings (SSSR count). The van der Waals surface area contributed by atoms with Crippen LogP contribution in [0.3, 0.4) is 0 Å². The number of nitrogens with one attached hydrogen (secondary N) is 1. The van der Waals surface area contributed by atoms with Crippen molar-refractivity contribution in [3.63, 3.8) is 0 Å². The van der Waals surface area contributed by atoms with Gasteiger partial charge in [0.2, 0.25) is 5.91 Å². The third kappa shape index (κ3) is 3.64. The van der Waals surface area contributed by atoms with Gasteiger partial charge in [-0.05, 0) is 39.7 Å². The normalized spacial score (nSPS) is 22.2. The van der Waals surface area contributed by atoms with Gasteiger partial charge in [-0.2, -0.15) is 0 Å². The topological polar surface area (TPSA) is 50.2 Å². The van der Waals surface area contributed by atoms with Gasteiger partial charge in [0.15, 0.2) is 0 Å². The lowest BCUT2D eigenvalue weighted by Gasteiger charge is -2.32. The predicted octanol–water partition coefficient (Wildman–Crippen LogP) is 2.00. The van der Waals surface area contributed by atoms with Crippen LogP contribution in [0, 0.1) is 0 Å². The fourth-order valence-electron chi connectivity index (χ4n) is 3.21. The maximum atomic E-state index is 12.5. The number of carbonyl (C=O) groups is 1. The average molecular weight is 292 g/mol. The summed E-state index contributed by atoms with van der Waals surface area (Å²) in [6.07, 6.45) is 6.96. The number of aromatic nitrogens is 2. The Bertz CT molecular complexity index is 453.